The van der Waals surface area contributed by atoms with Crippen molar-refractivity contribution in [3.05, 3.63) is 76.7 Å². The third-order valence-corrected chi connectivity index (χ3v) is 3.99. The molecule has 2 N–H and O–H groups in total. The van der Waals surface area contributed by atoms with Gasteiger partial charge in [0.1, 0.15) is 5.52 Å². The lowest BCUT2D eigenvalue weighted by molar-refractivity contribution is -0.384. The normalized spacial score (nSPS) is 10.8. The maximum atomic E-state index is 12.3. The van der Waals surface area contributed by atoms with Crippen LogP contribution in [0.1, 0.15) is 10.6 Å². The number of non-ortho nitro benzene ring substituents is 1. The van der Waals surface area contributed by atoms with E-state index in [1.807, 2.05) is 0 Å². The van der Waals surface area contributed by atoms with Gasteiger partial charge in [-0.15, -0.1) is 0 Å². The van der Waals surface area contributed by atoms with Crippen LogP contribution in [0.25, 0.3) is 22.4 Å². The molecule has 0 aliphatic rings. The Bertz CT molecular complexity index is 1160. The third kappa shape index (κ3) is 2.86. The number of para-hydroxylation sites is 1. The minimum atomic E-state index is -0.552. The molecule has 0 radical (unpaired) electrons. The first kappa shape index (κ1) is 16.3. The predicted molar refractivity (Wildman–Crippen MR) is 95.7 cm³/mol. The van der Waals surface area contributed by atoms with Gasteiger partial charge in [0.15, 0.2) is 11.6 Å². The van der Waals surface area contributed by atoms with Gasteiger partial charge < -0.3 is 14.9 Å². The summed E-state index contributed by atoms with van der Waals surface area (Å²) in [4.78, 5) is 27.0. The lowest BCUT2D eigenvalue weighted by Crippen LogP contribution is -2.12. The van der Waals surface area contributed by atoms with Crippen molar-refractivity contribution in [3.63, 3.8) is 0 Å². The number of carbonyl (C=O) groups excluding carboxylic acids is 1. The van der Waals surface area contributed by atoms with Gasteiger partial charge in [-0.1, -0.05) is 12.1 Å². The van der Waals surface area contributed by atoms with Crippen LogP contribution in [0.2, 0.25) is 0 Å². The Kier molecular flexibility index (Phi) is 3.81. The van der Waals surface area contributed by atoms with Crippen LogP contribution in [0.3, 0.4) is 0 Å². The van der Waals surface area contributed by atoms with Crippen molar-refractivity contribution in [2.45, 2.75) is 0 Å². The first-order valence-electron chi connectivity index (χ1n) is 7.85. The van der Waals surface area contributed by atoms with E-state index in [-0.39, 0.29) is 22.8 Å². The minimum Gasteiger partial charge on any atom is -0.459 e. The molecule has 27 heavy (non-hydrogen) atoms. The Morgan fingerprint density at radius 2 is 2.00 bits per heavy atom. The molecule has 4 rings (SSSR count). The number of imidazole rings is 1. The highest BCUT2D eigenvalue weighted by Crippen LogP contribution is 2.31. The molecule has 9 nitrogen and oxygen atoms in total. The number of amides is 1. The van der Waals surface area contributed by atoms with Crippen LogP contribution in [0, 0.1) is 10.1 Å². The van der Waals surface area contributed by atoms with Gasteiger partial charge in [0.25, 0.3) is 11.6 Å². The number of nitrogens with one attached hydrogen (secondary N) is 1. The van der Waals surface area contributed by atoms with Gasteiger partial charge in [0, 0.05) is 17.7 Å². The molecule has 4 aromatic rings. The van der Waals surface area contributed by atoms with E-state index in [9.17, 15) is 20.1 Å². The summed E-state index contributed by atoms with van der Waals surface area (Å²) < 4.78 is 5.84. The lowest BCUT2D eigenvalue weighted by Gasteiger charge is -2.09. The molecule has 0 aliphatic heterocycles. The molecule has 2 heterocycles. The van der Waals surface area contributed by atoms with Crippen molar-refractivity contribution in [1.82, 2.24) is 9.71 Å². The highest BCUT2D eigenvalue weighted by molar-refractivity contribution is 6.04. The number of benzene rings is 2. The number of nitrogens with zero attached hydrogens (tertiary/aromatic N) is 3. The minimum absolute atomic E-state index is 0.137. The summed E-state index contributed by atoms with van der Waals surface area (Å²) in [5.74, 6) is -0.178. The Labute approximate surface area is 151 Å². The molecule has 0 unspecified atom stereocenters. The molecule has 0 bridgehead atoms. The van der Waals surface area contributed by atoms with Gasteiger partial charge in [-0.2, -0.15) is 4.73 Å². The molecule has 0 spiro atoms. The zero-order valence-electron chi connectivity index (χ0n) is 13.7. The first-order chi connectivity index (χ1) is 13.0. The molecule has 9 heteroatoms. The van der Waals surface area contributed by atoms with Gasteiger partial charge >= 0.3 is 0 Å². The third-order valence-electron chi connectivity index (χ3n) is 3.99. The number of fused-ring (bicyclic) bond motifs is 1. The Morgan fingerprint density at radius 3 is 2.74 bits per heavy atom. The van der Waals surface area contributed by atoms with Gasteiger partial charge in [0.2, 0.25) is 0 Å². The average molecular weight is 364 g/mol. The quantitative estimate of drug-likeness (QED) is 0.323. The van der Waals surface area contributed by atoms with E-state index in [2.05, 4.69) is 10.3 Å². The Balaban J connectivity index is 1.79. The molecule has 2 aromatic carbocycles. The van der Waals surface area contributed by atoms with Crippen LogP contribution >= 0.6 is 0 Å². The summed E-state index contributed by atoms with van der Waals surface area (Å²) in [6.07, 6.45) is 1.39. The fraction of sp³-hybridized carbons (Fsp3) is 0. The number of nitro groups is 1. The fourth-order valence-electron chi connectivity index (χ4n) is 2.72. The molecule has 1 amide bonds. The largest absolute Gasteiger partial charge is 0.459 e. The summed E-state index contributed by atoms with van der Waals surface area (Å²) >= 11 is 0. The van der Waals surface area contributed by atoms with E-state index in [1.165, 1.54) is 30.5 Å². The number of anilines is 1. The summed E-state index contributed by atoms with van der Waals surface area (Å²) in [5.41, 5.74) is 1.25. The van der Waals surface area contributed by atoms with Crippen LogP contribution in [0.15, 0.2) is 65.3 Å². The second kappa shape index (κ2) is 6.30. The van der Waals surface area contributed by atoms with Gasteiger partial charge in [-0.05, 0) is 30.3 Å². The van der Waals surface area contributed by atoms with E-state index < -0.39 is 10.8 Å². The molecule has 0 saturated carbocycles. The average Bonchev–Trinajstić information content (AvgIpc) is 3.31. The number of hydrogen-bond donors (Lipinski definition) is 2. The van der Waals surface area contributed by atoms with Crippen molar-refractivity contribution >= 4 is 28.3 Å². The summed E-state index contributed by atoms with van der Waals surface area (Å²) in [5, 5.41) is 24.2. The number of rotatable bonds is 4. The maximum Gasteiger partial charge on any atom is 0.291 e. The summed E-state index contributed by atoms with van der Waals surface area (Å²) in [6, 6.07) is 13.9. The zero-order valence-corrected chi connectivity index (χ0v) is 13.7. The molecule has 2 aromatic heterocycles. The molecule has 0 saturated heterocycles. The van der Waals surface area contributed by atoms with Gasteiger partial charge in [-0.3, -0.25) is 14.9 Å². The molecular formula is C18H12N4O5. The molecule has 134 valence electrons. The summed E-state index contributed by atoms with van der Waals surface area (Å²) in [6.45, 7) is 0. The van der Waals surface area contributed by atoms with E-state index in [0.717, 1.165) is 4.73 Å². The second-order valence-corrected chi connectivity index (χ2v) is 5.65. The zero-order chi connectivity index (χ0) is 19.0. The van der Waals surface area contributed by atoms with Gasteiger partial charge in [-0.25, -0.2) is 4.98 Å². The standard InChI is InChI=1S/C18H12N4O5/c23-18(16-6-3-9-27-16)20-13-5-2-1-4-12(13)17-19-14-8-7-11(22(25)26)10-15(14)21(17)24/h1-10,24H,(H,20,23). The number of carbonyl (C=O) groups is 1. The van der Waals surface area contributed by atoms with Crippen molar-refractivity contribution in [1.29, 1.82) is 0 Å². The van der Waals surface area contributed by atoms with Crippen molar-refractivity contribution < 1.29 is 19.3 Å². The van der Waals surface area contributed by atoms with E-state index in [0.29, 0.717) is 16.8 Å². The number of aromatic nitrogens is 2. The monoisotopic (exact) mass is 364 g/mol. The lowest BCUT2D eigenvalue weighted by atomic mass is 10.1. The van der Waals surface area contributed by atoms with Crippen molar-refractivity contribution in [2.75, 3.05) is 5.32 Å². The smallest absolute Gasteiger partial charge is 0.291 e. The van der Waals surface area contributed by atoms with Crippen LogP contribution in [-0.2, 0) is 0 Å². The molecule has 0 aliphatic carbocycles. The maximum absolute atomic E-state index is 12.3. The topological polar surface area (TPSA) is 123 Å². The van der Waals surface area contributed by atoms with Crippen LogP contribution in [-0.4, -0.2) is 25.8 Å². The molecular weight excluding hydrogens is 352 g/mol. The SMILES string of the molecule is O=C(Nc1ccccc1-c1nc2ccc([N+](=O)[O-])cc2n1O)c1ccco1. The van der Waals surface area contributed by atoms with Crippen LogP contribution < -0.4 is 5.32 Å². The number of hydrogen-bond acceptors (Lipinski definition) is 6. The Morgan fingerprint density at radius 1 is 1.19 bits per heavy atom. The van der Waals surface area contributed by atoms with E-state index >= 15 is 0 Å². The van der Waals surface area contributed by atoms with Crippen LogP contribution in [0.4, 0.5) is 11.4 Å². The van der Waals surface area contributed by atoms with E-state index in [4.69, 9.17) is 4.42 Å². The van der Waals surface area contributed by atoms with E-state index in [1.54, 1.807) is 30.3 Å². The van der Waals surface area contributed by atoms with Crippen LogP contribution in [0.5, 0.6) is 0 Å². The fourth-order valence-corrected chi connectivity index (χ4v) is 2.72. The Hall–Kier alpha value is -4.14. The summed E-state index contributed by atoms with van der Waals surface area (Å²) in [7, 11) is 0. The highest BCUT2D eigenvalue weighted by Gasteiger charge is 2.19. The predicted octanol–water partition coefficient (Wildman–Crippen LogP) is 3.69. The number of furan rings is 1. The first-order valence-corrected chi connectivity index (χ1v) is 7.85. The number of nitro benzene ring substituents is 1. The van der Waals surface area contributed by atoms with Crippen molar-refractivity contribution in [3.8, 4) is 11.4 Å². The molecule has 0 atom stereocenters. The van der Waals surface area contributed by atoms with Crippen molar-refractivity contribution in [2.24, 2.45) is 0 Å². The molecule has 0 fully saturated rings. The second-order valence-electron chi connectivity index (χ2n) is 5.65. The highest BCUT2D eigenvalue weighted by atomic mass is 16.6. The van der Waals surface area contributed by atoms with Gasteiger partial charge in [0.05, 0.1) is 22.4 Å².